The van der Waals surface area contributed by atoms with Crippen LogP contribution in [-0.2, 0) is 0 Å². The van der Waals surface area contributed by atoms with E-state index in [1.807, 2.05) is 6.07 Å². The van der Waals surface area contributed by atoms with Gasteiger partial charge in [-0.05, 0) is 42.0 Å². The number of aliphatic hydroxyl groups is 1. The summed E-state index contributed by atoms with van der Waals surface area (Å²) in [6, 6.07) is 42.6. The molecule has 0 heterocycles. The molecule has 1 atom stereocenters. The number of benzene rings is 4. The summed E-state index contributed by atoms with van der Waals surface area (Å²) in [7, 11) is -2.14. The summed E-state index contributed by atoms with van der Waals surface area (Å²) in [5, 5.41) is 14.6. The van der Waals surface area contributed by atoms with E-state index in [9.17, 15) is 5.11 Å². The van der Waals surface area contributed by atoms with Crippen LogP contribution >= 0.6 is 7.26 Å². The number of hydrogen-bond donors (Lipinski definition) is 1. The van der Waals surface area contributed by atoms with Gasteiger partial charge in [0, 0.05) is 0 Å². The monoisotopic (exact) mass is 462 g/mol. The zero-order valence-electron chi connectivity index (χ0n) is 16.1. The Morgan fingerprint density at radius 1 is 0.517 bits per heavy atom. The van der Waals surface area contributed by atoms with Crippen molar-refractivity contribution >= 4 is 23.2 Å². The van der Waals surface area contributed by atoms with Crippen LogP contribution in [0, 0.1) is 0 Å². The second-order valence-corrected chi connectivity index (χ2v) is 10.5. The molecule has 0 saturated carbocycles. The molecule has 0 aliphatic carbocycles. The Bertz CT molecular complexity index is 895. The van der Waals surface area contributed by atoms with Crippen LogP contribution < -0.4 is 32.9 Å². The zero-order valence-corrected chi connectivity index (χ0v) is 18.6. The van der Waals surface area contributed by atoms with Crippen molar-refractivity contribution in [1.29, 1.82) is 0 Å². The summed E-state index contributed by atoms with van der Waals surface area (Å²) >= 11 is 0. The molecule has 0 fully saturated rings. The van der Waals surface area contributed by atoms with Crippen molar-refractivity contribution in [2.24, 2.45) is 0 Å². The topological polar surface area (TPSA) is 20.2 Å². The van der Waals surface area contributed by atoms with Gasteiger partial charge < -0.3 is 22.1 Å². The second-order valence-electron chi connectivity index (χ2n) is 6.84. The lowest BCUT2D eigenvalue weighted by Gasteiger charge is -2.34. The van der Waals surface area contributed by atoms with Crippen molar-refractivity contribution in [2.75, 3.05) is 6.61 Å². The Hall–Kier alpha value is -2.25. The largest absolute Gasteiger partial charge is 1.00 e. The second kappa shape index (κ2) is 9.98. The van der Waals surface area contributed by atoms with Crippen LogP contribution in [0.3, 0.4) is 0 Å². The molecule has 1 nitrogen and oxygen atoms in total. The molecule has 4 aromatic rings. The minimum absolute atomic E-state index is 0. The van der Waals surface area contributed by atoms with Gasteiger partial charge in [-0.25, -0.2) is 0 Å². The normalized spacial score (nSPS) is 12.0. The smallest absolute Gasteiger partial charge is 0.132 e. The first-order chi connectivity index (χ1) is 13.9. The molecule has 0 aliphatic rings. The molecule has 1 N–H and O–H groups in total. The van der Waals surface area contributed by atoms with Crippen molar-refractivity contribution in [3.05, 3.63) is 127 Å². The number of aliphatic hydroxyl groups excluding tert-OH is 1. The van der Waals surface area contributed by atoms with Crippen LogP contribution in [0.15, 0.2) is 121 Å². The molecule has 3 heteroatoms. The molecule has 0 amide bonds. The highest BCUT2D eigenvalue weighted by Crippen LogP contribution is 2.66. The third-order valence-electron chi connectivity index (χ3n) is 5.32. The predicted molar refractivity (Wildman–Crippen MR) is 121 cm³/mol. The van der Waals surface area contributed by atoms with E-state index in [4.69, 9.17) is 0 Å². The fraction of sp³-hybridized carbons (Fsp3) is 0.0769. The van der Waals surface area contributed by atoms with Gasteiger partial charge in [-0.1, -0.05) is 84.9 Å². The summed E-state index contributed by atoms with van der Waals surface area (Å²) in [6.07, 6.45) is 0. The van der Waals surface area contributed by atoms with Crippen molar-refractivity contribution in [1.82, 2.24) is 0 Å². The lowest BCUT2D eigenvalue weighted by molar-refractivity contribution is -0.00000651. The standard InChI is InChI=1S/C26H24OP.BrH/c27-21-26(22-13-5-1-6-14-22)28(23-15-7-2-8-16-23,24-17-9-3-10-18-24)25-19-11-4-12-20-25;/h1-20,26-27H,21H2;1H/q+1;/p-1. The SMILES string of the molecule is OCC(c1ccccc1)[P+](c1ccccc1)(c1ccccc1)c1ccccc1.[Br-]. The zero-order chi connectivity index (χ0) is 19.2. The minimum atomic E-state index is -2.14. The van der Waals surface area contributed by atoms with E-state index in [-0.39, 0.29) is 29.2 Å². The van der Waals surface area contributed by atoms with Crippen LogP contribution in [-0.4, -0.2) is 11.7 Å². The van der Waals surface area contributed by atoms with Gasteiger partial charge in [0.2, 0.25) is 0 Å². The Labute approximate surface area is 184 Å². The average Bonchev–Trinajstić information content (AvgIpc) is 2.80. The lowest BCUT2D eigenvalue weighted by Crippen LogP contribution is -3.00. The van der Waals surface area contributed by atoms with Crippen molar-refractivity contribution in [3.8, 4) is 0 Å². The summed E-state index contributed by atoms with van der Waals surface area (Å²) < 4.78 is 0. The molecule has 1 unspecified atom stereocenters. The van der Waals surface area contributed by atoms with Crippen LogP contribution in [0.2, 0.25) is 0 Å². The summed E-state index contributed by atoms with van der Waals surface area (Å²) in [4.78, 5) is 0. The fourth-order valence-electron chi connectivity index (χ4n) is 4.10. The third-order valence-corrected chi connectivity index (χ3v) is 10.0. The molecule has 0 aliphatic heterocycles. The van der Waals surface area contributed by atoms with E-state index in [0.717, 1.165) is 0 Å². The van der Waals surface area contributed by atoms with Gasteiger partial charge in [0.25, 0.3) is 0 Å². The molecule has 29 heavy (non-hydrogen) atoms. The minimum Gasteiger partial charge on any atom is -1.00 e. The molecule has 0 radical (unpaired) electrons. The number of hydrogen-bond acceptors (Lipinski definition) is 1. The highest BCUT2D eigenvalue weighted by molar-refractivity contribution is 7.96. The average molecular weight is 463 g/mol. The Kier molecular flexibility index (Phi) is 7.39. The molecular formula is C26H24BrOP. The molecule has 4 rings (SSSR count). The number of rotatable bonds is 6. The highest BCUT2D eigenvalue weighted by Gasteiger charge is 2.52. The predicted octanol–water partition coefficient (Wildman–Crippen LogP) is 1.72. The van der Waals surface area contributed by atoms with Gasteiger partial charge >= 0.3 is 0 Å². The van der Waals surface area contributed by atoms with Gasteiger partial charge in [0.05, 0.1) is 6.61 Å². The maximum Gasteiger partial charge on any atom is 0.132 e. The fourth-order valence-corrected chi connectivity index (χ4v) is 8.87. The highest BCUT2D eigenvalue weighted by atomic mass is 79.9. The molecule has 0 aromatic heterocycles. The van der Waals surface area contributed by atoms with Crippen LogP contribution in [0.4, 0.5) is 0 Å². The maximum atomic E-state index is 10.7. The van der Waals surface area contributed by atoms with Gasteiger partial charge in [-0.3, -0.25) is 0 Å². The third kappa shape index (κ3) is 4.07. The van der Waals surface area contributed by atoms with Crippen molar-refractivity contribution in [2.45, 2.75) is 5.66 Å². The molecule has 0 spiro atoms. The van der Waals surface area contributed by atoms with E-state index < -0.39 is 7.26 Å². The molecule has 0 saturated heterocycles. The van der Waals surface area contributed by atoms with E-state index in [0.29, 0.717) is 0 Å². The van der Waals surface area contributed by atoms with Gasteiger partial charge in [0.1, 0.15) is 28.8 Å². The quantitative estimate of drug-likeness (QED) is 0.432. The van der Waals surface area contributed by atoms with Crippen molar-refractivity contribution in [3.63, 3.8) is 0 Å². The van der Waals surface area contributed by atoms with Gasteiger partial charge in [-0.2, -0.15) is 0 Å². The Morgan fingerprint density at radius 2 is 0.828 bits per heavy atom. The van der Waals surface area contributed by atoms with Gasteiger partial charge in [0.15, 0.2) is 0 Å². The Balaban J connectivity index is 0.00000240. The summed E-state index contributed by atoms with van der Waals surface area (Å²) in [5.41, 5.74) is 1.16. The molecule has 4 aromatic carbocycles. The lowest BCUT2D eigenvalue weighted by atomic mass is 10.1. The number of halogens is 1. The van der Waals surface area contributed by atoms with Crippen LogP contribution in [0.5, 0.6) is 0 Å². The molecular weight excluding hydrogens is 439 g/mol. The van der Waals surface area contributed by atoms with Crippen LogP contribution in [0.1, 0.15) is 11.2 Å². The van der Waals surface area contributed by atoms with Gasteiger partial charge in [-0.15, -0.1) is 0 Å². The first-order valence-electron chi connectivity index (χ1n) is 9.58. The van der Waals surface area contributed by atoms with E-state index >= 15 is 0 Å². The molecule has 146 valence electrons. The first kappa shape index (κ1) is 21.5. The summed E-state index contributed by atoms with van der Waals surface area (Å²) in [6.45, 7) is 0.0937. The van der Waals surface area contributed by atoms with E-state index in [1.165, 1.54) is 21.5 Å². The Morgan fingerprint density at radius 3 is 1.14 bits per heavy atom. The first-order valence-corrected chi connectivity index (χ1v) is 11.4. The maximum absolute atomic E-state index is 10.7. The molecule has 0 bridgehead atoms. The van der Waals surface area contributed by atoms with Crippen molar-refractivity contribution < 1.29 is 22.1 Å². The van der Waals surface area contributed by atoms with Crippen LogP contribution in [0.25, 0.3) is 0 Å². The summed E-state index contributed by atoms with van der Waals surface area (Å²) in [5.74, 6) is 0. The van der Waals surface area contributed by atoms with E-state index in [2.05, 4.69) is 115 Å². The van der Waals surface area contributed by atoms with E-state index in [1.54, 1.807) is 0 Å².